The van der Waals surface area contributed by atoms with Gasteiger partial charge in [0.1, 0.15) is 0 Å². The number of benzene rings is 2. The summed E-state index contributed by atoms with van der Waals surface area (Å²) in [7, 11) is 0. The number of hydrogen-bond donors (Lipinski definition) is 0. The Hall–Kier alpha value is -0.830. The zero-order chi connectivity index (χ0) is 11.5. The molecular formula is C15H16I+. The molecule has 0 fully saturated rings. The number of rotatable bonds is 2. The Morgan fingerprint density at radius 1 is 0.625 bits per heavy atom. The average molecular weight is 323 g/mol. The standard InChI is InChI=1S/C15H16I/c1-11-4-6-14(7-5-11)16-15-9-12(2)8-13(3)10-15/h4-10H,1-3H3/q+1. The second-order valence-electron chi connectivity index (χ2n) is 4.20. The molecule has 0 aromatic heterocycles. The molecule has 0 atom stereocenters. The lowest BCUT2D eigenvalue weighted by molar-refractivity contribution is -0.597. The van der Waals surface area contributed by atoms with Gasteiger partial charge in [-0.1, -0.05) is 23.8 Å². The van der Waals surface area contributed by atoms with Gasteiger partial charge in [-0.05, 0) is 56.2 Å². The largest absolute Gasteiger partial charge is 0.357 e. The maximum Gasteiger partial charge on any atom is 0.357 e. The zero-order valence-electron chi connectivity index (χ0n) is 9.92. The molecule has 0 aliphatic rings. The average Bonchev–Trinajstić information content (AvgIpc) is 2.20. The second-order valence-corrected chi connectivity index (χ2v) is 7.23. The number of hydrogen-bond acceptors (Lipinski definition) is 0. The van der Waals surface area contributed by atoms with Crippen molar-refractivity contribution < 1.29 is 21.2 Å². The van der Waals surface area contributed by atoms with Crippen molar-refractivity contribution in [1.82, 2.24) is 0 Å². The van der Waals surface area contributed by atoms with Crippen LogP contribution in [0.4, 0.5) is 0 Å². The lowest BCUT2D eigenvalue weighted by Crippen LogP contribution is -3.61. The lowest BCUT2D eigenvalue weighted by Gasteiger charge is -1.95. The van der Waals surface area contributed by atoms with E-state index < -0.39 is 0 Å². The van der Waals surface area contributed by atoms with Gasteiger partial charge < -0.3 is 0 Å². The third-order valence-corrected chi connectivity index (χ3v) is 5.00. The highest BCUT2D eigenvalue weighted by atomic mass is 127. The van der Waals surface area contributed by atoms with Crippen molar-refractivity contribution in [2.75, 3.05) is 0 Å². The van der Waals surface area contributed by atoms with E-state index >= 15 is 0 Å². The predicted octanol–water partition coefficient (Wildman–Crippen LogP) is 0.740. The molecule has 82 valence electrons. The first-order valence-electron chi connectivity index (χ1n) is 5.43. The summed E-state index contributed by atoms with van der Waals surface area (Å²) in [5.74, 6) is 0. The fourth-order valence-corrected chi connectivity index (χ4v) is 4.43. The molecular weight excluding hydrogens is 307 g/mol. The normalized spacial score (nSPS) is 10.4. The van der Waals surface area contributed by atoms with Gasteiger partial charge in [0.2, 0.25) is 0 Å². The summed E-state index contributed by atoms with van der Waals surface area (Å²) in [6.45, 7) is 6.49. The van der Waals surface area contributed by atoms with Crippen molar-refractivity contribution in [2.24, 2.45) is 0 Å². The molecule has 1 heteroatoms. The van der Waals surface area contributed by atoms with E-state index in [1.165, 1.54) is 23.8 Å². The van der Waals surface area contributed by atoms with Crippen molar-refractivity contribution in [2.45, 2.75) is 20.8 Å². The number of aryl methyl sites for hydroxylation is 3. The van der Waals surface area contributed by atoms with Crippen molar-refractivity contribution in [3.63, 3.8) is 0 Å². The van der Waals surface area contributed by atoms with E-state index in [-0.39, 0.29) is 21.2 Å². The Bertz CT molecular complexity index is 463. The highest BCUT2D eigenvalue weighted by Gasteiger charge is 2.15. The van der Waals surface area contributed by atoms with Gasteiger partial charge in [0.05, 0.1) is 0 Å². The Kier molecular flexibility index (Phi) is 3.64. The van der Waals surface area contributed by atoms with Gasteiger partial charge >= 0.3 is 21.2 Å². The van der Waals surface area contributed by atoms with E-state index in [1.54, 1.807) is 0 Å². The number of halogens is 1. The first-order chi connectivity index (χ1) is 7.63. The van der Waals surface area contributed by atoms with Crippen LogP contribution in [-0.2, 0) is 0 Å². The van der Waals surface area contributed by atoms with E-state index in [1.807, 2.05) is 0 Å². The minimum atomic E-state index is -0.0176. The van der Waals surface area contributed by atoms with E-state index in [0.717, 1.165) is 0 Å². The predicted molar refractivity (Wildman–Crippen MR) is 64.5 cm³/mol. The van der Waals surface area contributed by atoms with Crippen molar-refractivity contribution in [3.05, 3.63) is 66.3 Å². The Balaban J connectivity index is 2.23. The van der Waals surface area contributed by atoms with Crippen molar-refractivity contribution in [3.8, 4) is 0 Å². The van der Waals surface area contributed by atoms with Crippen LogP contribution >= 0.6 is 0 Å². The molecule has 0 saturated heterocycles. The monoisotopic (exact) mass is 323 g/mol. The zero-order valence-corrected chi connectivity index (χ0v) is 12.1. The maximum atomic E-state index is 2.32. The van der Waals surface area contributed by atoms with Gasteiger partial charge in [0, 0.05) is 0 Å². The van der Waals surface area contributed by atoms with E-state index in [4.69, 9.17) is 0 Å². The Labute approximate surface area is 108 Å². The summed E-state index contributed by atoms with van der Waals surface area (Å²) >= 11 is -0.0176. The summed E-state index contributed by atoms with van der Waals surface area (Å²) in [4.78, 5) is 0. The van der Waals surface area contributed by atoms with Crippen LogP contribution in [0, 0.1) is 27.9 Å². The summed E-state index contributed by atoms with van der Waals surface area (Å²) in [5, 5.41) is 0. The van der Waals surface area contributed by atoms with E-state index in [2.05, 4.69) is 63.2 Å². The van der Waals surface area contributed by atoms with E-state index in [9.17, 15) is 0 Å². The molecule has 0 radical (unpaired) electrons. The SMILES string of the molecule is Cc1ccc([I+]c2cc(C)cc(C)c2)cc1. The first kappa shape index (κ1) is 11.6. The van der Waals surface area contributed by atoms with Gasteiger partial charge in [-0.2, -0.15) is 0 Å². The quantitative estimate of drug-likeness (QED) is 0.715. The maximum absolute atomic E-state index is 2.32. The van der Waals surface area contributed by atoms with Gasteiger partial charge in [-0.25, -0.2) is 0 Å². The van der Waals surface area contributed by atoms with Crippen LogP contribution in [0.2, 0.25) is 0 Å². The lowest BCUT2D eigenvalue weighted by atomic mass is 10.2. The molecule has 0 aliphatic carbocycles. The highest BCUT2D eigenvalue weighted by molar-refractivity contribution is 5.20. The minimum Gasteiger partial charge on any atom is -0.0561 e. The molecule has 0 N–H and O–H groups in total. The van der Waals surface area contributed by atoms with Crippen LogP contribution in [0.5, 0.6) is 0 Å². The van der Waals surface area contributed by atoms with Crippen LogP contribution in [0.25, 0.3) is 0 Å². The molecule has 2 rings (SSSR count). The van der Waals surface area contributed by atoms with Gasteiger partial charge in [0.25, 0.3) is 0 Å². The van der Waals surface area contributed by atoms with Crippen LogP contribution in [0.15, 0.2) is 42.5 Å². The fraction of sp³-hybridized carbons (Fsp3) is 0.200. The van der Waals surface area contributed by atoms with Crippen molar-refractivity contribution >= 4 is 0 Å². The molecule has 0 saturated carbocycles. The molecule has 0 heterocycles. The molecule has 0 aliphatic heterocycles. The van der Waals surface area contributed by atoms with Crippen LogP contribution in [0.1, 0.15) is 16.7 Å². The van der Waals surface area contributed by atoms with Gasteiger partial charge in [-0.3, -0.25) is 0 Å². The molecule has 2 aromatic carbocycles. The molecule has 0 bridgehead atoms. The fourth-order valence-electron chi connectivity index (χ4n) is 1.70. The summed E-state index contributed by atoms with van der Waals surface area (Å²) < 4.78 is 3.01. The Morgan fingerprint density at radius 3 is 1.75 bits per heavy atom. The summed E-state index contributed by atoms with van der Waals surface area (Å²) in [6, 6.07) is 15.8. The van der Waals surface area contributed by atoms with Gasteiger partial charge in [0.15, 0.2) is 7.14 Å². The molecule has 0 amide bonds. The summed E-state index contributed by atoms with van der Waals surface area (Å²) in [6.07, 6.45) is 0. The molecule has 16 heavy (non-hydrogen) atoms. The third-order valence-electron chi connectivity index (χ3n) is 2.42. The minimum absolute atomic E-state index is 0.0176. The molecule has 2 aromatic rings. The van der Waals surface area contributed by atoms with Gasteiger partial charge in [-0.15, -0.1) is 0 Å². The van der Waals surface area contributed by atoms with Crippen LogP contribution in [-0.4, -0.2) is 0 Å². The van der Waals surface area contributed by atoms with Crippen molar-refractivity contribution in [1.29, 1.82) is 0 Å². The van der Waals surface area contributed by atoms with Crippen LogP contribution in [0.3, 0.4) is 0 Å². The summed E-state index contributed by atoms with van der Waals surface area (Å²) in [5.41, 5.74) is 4.09. The first-order valence-corrected chi connectivity index (χ1v) is 7.59. The molecule has 0 spiro atoms. The highest BCUT2D eigenvalue weighted by Crippen LogP contribution is 2.01. The van der Waals surface area contributed by atoms with E-state index in [0.29, 0.717) is 0 Å². The topological polar surface area (TPSA) is 0 Å². The Morgan fingerprint density at radius 2 is 1.19 bits per heavy atom. The smallest absolute Gasteiger partial charge is 0.0561 e. The third kappa shape index (κ3) is 3.08. The second kappa shape index (κ2) is 5.00. The van der Waals surface area contributed by atoms with Crippen LogP contribution < -0.4 is 21.2 Å². The molecule has 0 unspecified atom stereocenters. The molecule has 0 nitrogen and oxygen atoms in total.